The fourth-order valence-corrected chi connectivity index (χ4v) is 2.61. The van der Waals surface area contributed by atoms with Crippen LogP contribution in [0.1, 0.15) is 22.2 Å². The van der Waals surface area contributed by atoms with Crippen molar-refractivity contribution in [3.05, 3.63) is 76.9 Å². The molecule has 3 rings (SSSR count). The number of hydrogen-bond acceptors (Lipinski definition) is 4. The Labute approximate surface area is 161 Å². The Hall–Kier alpha value is -3.12. The molecule has 0 aliphatic heterocycles. The Balaban J connectivity index is 1.82. The molecule has 1 aromatic heterocycles. The molecule has 7 heteroatoms. The molecule has 1 heterocycles. The minimum absolute atomic E-state index is 0.160. The summed E-state index contributed by atoms with van der Waals surface area (Å²) >= 11 is 5.89. The van der Waals surface area contributed by atoms with Crippen LogP contribution < -0.4 is 0 Å². The standard InChI is InChI=1S/C20H18ClN3O3/c1-24(2)19(25)18(14-6-4-3-5-7-14)27-20(26)17-12-16(22-23-17)13-8-10-15(21)11-9-13/h3-12,18H,1-2H3,(H,22,23)/t18-/m1/s1. The lowest BCUT2D eigenvalue weighted by atomic mass is 10.1. The lowest BCUT2D eigenvalue weighted by Gasteiger charge is -2.20. The van der Waals surface area contributed by atoms with Gasteiger partial charge in [-0.2, -0.15) is 5.10 Å². The van der Waals surface area contributed by atoms with Crippen molar-refractivity contribution in [1.29, 1.82) is 0 Å². The minimum Gasteiger partial charge on any atom is -0.443 e. The van der Waals surface area contributed by atoms with Crippen LogP contribution in [0.25, 0.3) is 11.3 Å². The van der Waals surface area contributed by atoms with Crippen LogP contribution in [0.2, 0.25) is 5.02 Å². The Morgan fingerprint density at radius 3 is 2.37 bits per heavy atom. The molecule has 3 aromatic rings. The maximum Gasteiger partial charge on any atom is 0.357 e. The van der Waals surface area contributed by atoms with E-state index in [0.29, 0.717) is 16.3 Å². The molecule has 27 heavy (non-hydrogen) atoms. The average molecular weight is 384 g/mol. The summed E-state index contributed by atoms with van der Waals surface area (Å²) in [4.78, 5) is 26.4. The highest BCUT2D eigenvalue weighted by Crippen LogP contribution is 2.23. The van der Waals surface area contributed by atoms with Gasteiger partial charge in [0, 0.05) is 30.2 Å². The molecule has 0 spiro atoms. The van der Waals surface area contributed by atoms with Crippen LogP contribution in [0.5, 0.6) is 0 Å². The number of aromatic nitrogens is 2. The van der Waals surface area contributed by atoms with Crippen molar-refractivity contribution in [3.8, 4) is 11.3 Å². The van der Waals surface area contributed by atoms with Gasteiger partial charge in [-0.05, 0) is 18.2 Å². The van der Waals surface area contributed by atoms with E-state index in [4.69, 9.17) is 16.3 Å². The SMILES string of the molecule is CN(C)C(=O)[C@H](OC(=O)c1cc(-c2ccc(Cl)cc2)n[nH]1)c1ccccc1. The maximum absolute atomic E-state index is 12.6. The molecular weight excluding hydrogens is 366 g/mol. The number of hydrogen-bond donors (Lipinski definition) is 1. The summed E-state index contributed by atoms with van der Waals surface area (Å²) in [5, 5.41) is 7.41. The van der Waals surface area contributed by atoms with Crippen molar-refractivity contribution in [3.63, 3.8) is 0 Å². The summed E-state index contributed by atoms with van der Waals surface area (Å²) in [6, 6.07) is 17.5. The summed E-state index contributed by atoms with van der Waals surface area (Å²) in [6.45, 7) is 0. The van der Waals surface area contributed by atoms with E-state index < -0.39 is 12.1 Å². The van der Waals surface area contributed by atoms with Crippen molar-refractivity contribution in [2.45, 2.75) is 6.10 Å². The highest BCUT2D eigenvalue weighted by molar-refractivity contribution is 6.30. The van der Waals surface area contributed by atoms with E-state index in [1.807, 2.05) is 6.07 Å². The van der Waals surface area contributed by atoms with E-state index in [2.05, 4.69) is 10.2 Å². The number of ether oxygens (including phenoxy) is 1. The normalized spacial score (nSPS) is 11.7. The van der Waals surface area contributed by atoms with E-state index in [-0.39, 0.29) is 11.6 Å². The largest absolute Gasteiger partial charge is 0.443 e. The third-order valence-electron chi connectivity index (χ3n) is 3.93. The Kier molecular flexibility index (Phi) is 5.57. The van der Waals surface area contributed by atoms with Crippen LogP contribution in [0.3, 0.4) is 0 Å². The van der Waals surface area contributed by atoms with E-state index >= 15 is 0 Å². The number of benzene rings is 2. The van der Waals surface area contributed by atoms with Gasteiger partial charge in [-0.15, -0.1) is 0 Å². The molecule has 0 saturated heterocycles. The first-order chi connectivity index (χ1) is 13.0. The maximum atomic E-state index is 12.6. The Bertz CT molecular complexity index is 937. The van der Waals surface area contributed by atoms with Gasteiger partial charge in [-0.1, -0.05) is 54.1 Å². The van der Waals surface area contributed by atoms with Gasteiger partial charge in [0.15, 0.2) is 0 Å². The zero-order valence-electron chi connectivity index (χ0n) is 14.8. The number of amides is 1. The van der Waals surface area contributed by atoms with E-state index in [1.165, 1.54) is 4.90 Å². The number of aromatic amines is 1. The smallest absolute Gasteiger partial charge is 0.357 e. The van der Waals surface area contributed by atoms with E-state index in [1.54, 1.807) is 68.7 Å². The van der Waals surface area contributed by atoms with Gasteiger partial charge in [0.2, 0.25) is 6.10 Å². The zero-order chi connectivity index (χ0) is 19.4. The molecule has 1 N–H and O–H groups in total. The number of likely N-dealkylation sites (N-methyl/N-ethyl adjacent to an activating group) is 1. The second-order valence-corrected chi connectivity index (χ2v) is 6.54. The van der Waals surface area contributed by atoms with E-state index in [0.717, 1.165) is 5.56 Å². The number of halogens is 1. The second-order valence-electron chi connectivity index (χ2n) is 6.10. The second kappa shape index (κ2) is 8.05. The summed E-state index contributed by atoms with van der Waals surface area (Å²) in [5.74, 6) is -0.987. The first-order valence-corrected chi connectivity index (χ1v) is 8.62. The fourth-order valence-electron chi connectivity index (χ4n) is 2.49. The van der Waals surface area contributed by atoms with Gasteiger partial charge >= 0.3 is 5.97 Å². The van der Waals surface area contributed by atoms with Gasteiger partial charge in [-0.3, -0.25) is 9.89 Å². The van der Waals surface area contributed by atoms with Gasteiger partial charge in [0.25, 0.3) is 5.91 Å². The van der Waals surface area contributed by atoms with Crippen molar-refractivity contribution < 1.29 is 14.3 Å². The molecule has 0 aliphatic rings. The summed E-state index contributed by atoms with van der Waals surface area (Å²) in [5.41, 5.74) is 2.14. The lowest BCUT2D eigenvalue weighted by molar-refractivity contribution is -0.138. The summed E-state index contributed by atoms with van der Waals surface area (Å²) < 4.78 is 5.49. The monoisotopic (exact) mass is 383 g/mol. The van der Waals surface area contributed by atoms with Gasteiger partial charge in [0.1, 0.15) is 5.69 Å². The predicted octanol–water partition coefficient (Wildman–Crippen LogP) is 3.72. The highest BCUT2D eigenvalue weighted by atomic mass is 35.5. The van der Waals surface area contributed by atoms with Gasteiger partial charge in [-0.25, -0.2) is 4.79 Å². The number of carbonyl (C=O) groups excluding carboxylic acids is 2. The van der Waals surface area contributed by atoms with Crippen molar-refractivity contribution in [2.75, 3.05) is 14.1 Å². The molecular formula is C20H18ClN3O3. The molecule has 2 aromatic carbocycles. The quantitative estimate of drug-likeness (QED) is 0.681. The number of nitrogens with zero attached hydrogens (tertiary/aromatic N) is 2. The van der Waals surface area contributed by atoms with Crippen molar-refractivity contribution in [2.24, 2.45) is 0 Å². The first-order valence-electron chi connectivity index (χ1n) is 8.24. The molecule has 0 aliphatic carbocycles. The van der Waals surface area contributed by atoms with Crippen LogP contribution in [0.4, 0.5) is 0 Å². The van der Waals surface area contributed by atoms with Crippen LogP contribution in [-0.2, 0) is 9.53 Å². The molecule has 1 amide bonds. The number of carbonyl (C=O) groups is 2. The van der Waals surface area contributed by atoms with Crippen LogP contribution in [0.15, 0.2) is 60.7 Å². The fraction of sp³-hybridized carbons (Fsp3) is 0.150. The van der Waals surface area contributed by atoms with Crippen LogP contribution in [0, 0.1) is 0 Å². The molecule has 0 saturated carbocycles. The molecule has 0 fully saturated rings. The molecule has 1 atom stereocenters. The molecule has 0 bridgehead atoms. The highest BCUT2D eigenvalue weighted by Gasteiger charge is 2.27. The third kappa shape index (κ3) is 4.35. The Morgan fingerprint density at radius 2 is 1.74 bits per heavy atom. The molecule has 6 nitrogen and oxygen atoms in total. The van der Waals surface area contributed by atoms with Crippen molar-refractivity contribution in [1.82, 2.24) is 15.1 Å². The summed E-state index contributed by atoms with van der Waals surface area (Å²) in [6.07, 6.45) is -1.03. The summed E-state index contributed by atoms with van der Waals surface area (Å²) in [7, 11) is 3.22. The molecule has 0 unspecified atom stereocenters. The van der Waals surface area contributed by atoms with Crippen LogP contribution >= 0.6 is 11.6 Å². The first kappa shape index (κ1) is 18.7. The zero-order valence-corrected chi connectivity index (χ0v) is 15.6. The lowest BCUT2D eigenvalue weighted by Crippen LogP contribution is -2.31. The van der Waals surface area contributed by atoms with Crippen LogP contribution in [-0.4, -0.2) is 41.1 Å². The Morgan fingerprint density at radius 1 is 1.07 bits per heavy atom. The topological polar surface area (TPSA) is 75.3 Å². The molecule has 0 radical (unpaired) electrons. The van der Waals surface area contributed by atoms with Crippen molar-refractivity contribution >= 4 is 23.5 Å². The molecule has 138 valence electrons. The number of H-pyrrole nitrogens is 1. The average Bonchev–Trinajstić information content (AvgIpc) is 3.17. The third-order valence-corrected chi connectivity index (χ3v) is 4.18. The van der Waals surface area contributed by atoms with E-state index in [9.17, 15) is 9.59 Å². The number of esters is 1. The van der Waals surface area contributed by atoms with Gasteiger partial charge < -0.3 is 9.64 Å². The number of nitrogens with one attached hydrogen (secondary N) is 1. The number of rotatable bonds is 5. The predicted molar refractivity (Wildman–Crippen MR) is 102 cm³/mol. The minimum atomic E-state index is -1.03. The van der Waals surface area contributed by atoms with Gasteiger partial charge in [0.05, 0.1) is 5.69 Å².